The Kier molecular flexibility index (Phi) is 6.33. The Labute approximate surface area is 131 Å². The summed E-state index contributed by atoms with van der Waals surface area (Å²) in [5.74, 6) is 0.00345. The predicted octanol–water partition coefficient (Wildman–Crippen LogP) is 3.52. The Hall–Kier alpha value is -1.26. The molecule has 0 atom stereocenters. The summed E-state index contributed by atoms with van der Waals surface area (Å²) in [6.45, 7) is 3.03. The molecule has 1 fully saturated rings. The molecular weight excluding hydrogens is 286 g/mol. The number of nitrogen functional groups attached to an aromatic ring is 1. The number of likely N-dealkylation sites (tertiary alicyclic amines) is 1. The SMILES string of the molecule is Nc1ccc(NC(=O)CCN2CCCCCCC2)c(Cl)c1. The van der Waals surface area contributed by atoms with Crippen molar-refractivity contribution in [1.82, 2.24) is 4.90 Å². The first-order valence-electron chi connectivity index (χ1n) is 7.72. The van der Waals surface area contributed by atoms with Gasteiger partial charge in [0.25, 0.3) is 0 Å². The van der Waals surface area contributed by atoms with E-state index in [1.165, 1.54) is 32.1 Å². The van der Waals surface area contributed by atoms with Crippen molar-refractivity contribution in [2.45, 2.75) is 38.5 Å². The maximum Gasteiger partial charge on any atom is 0.225 e. The first kappa shape index (κ1) is 16.1. The number of carbonyl (C=O) groups is 1. The molecule has 1 amide bonds. The van der Waals surface area contributed by atoms with E-state index in [9.17, 15) is 4.79 Å². The molecule has 0 aromatic heterocycles. The fraction of sp³-hybridized carbons (Fsp3) is 0.562. The molecule has 1 aromatic rings. The summed E-state index contributed by atoms with van der Waals surface area (Å²) in [6.07, 6.45) is 6.95. The van der Waals surface area contributed by atoms with Crippen molar-refractivity contribution in [2.24, 2.45) is 0 Å². The van der Waals surface area contributed by atoms with Gasteiger partial charge in [-0.25, -0.2) is 0 Å². The minimum absolute atomic E-state index is 0.00345. The van der Waals surface area contributed by atoms with E-state index >= 15 is 0 Å². The van der Waals surface area contributed by atoms with Crippen LogP contribution in [0.2, 0.25) is 5.02 Å². The third-order valence-corrected chi connectivity index (χ3v) is 4.18. The average molecular weight is 310 g/mol. The highest BCUT2D eigenvalue weighted by molar-refractivity contribution is 6.34. The zero-order valence-electron chi connectivity index (χ0n) is 12.4. The summed E-state index contributed by atoms with van der Waals surface area (Å²) < 4.78 is 0. The highest BCUT2D eigenvalue weighted by atomic mass is 35.5. The highest BCUT2D eigenvalue weighted by Gasteiger charge is 2.11. The number of nitrogens with one attached hydrogen (secondary N) is 1. The van der Waals surface area contributed by atoms with E-state index in [-0.39, 0.29) is 5.91 Å². The smallest absolute Gasteiger partial charge is 0.225 e. The van der Waals surface area contributed by atoms with Gasteiger partial charge in [0, 0.05) is 18.7 Å². The lowest BCUT2D eigenvalue weighted by Gasteiger charge is -2.24. The van der Waals surface area contributed by atoms with Crippen LogP contribution in [0.3, 0.4) is 0 Å². The lowest BCUT2D eigenvalue weighted by atomic mass is 10.1. The molecule has 0 radical (unpaired) electrons. The predicted molar refractivity (Wildman–Crippen MR) is 88.6 cm³/mol. The van der Waals surface area contributed by atoms with Crippen LogP contribution in [-0.2, 0) is 4.79 Å². The number of nitrogens with two attached hydrogens (primary N) is 1. The van der Waals surface area contributed by atoms with Crippen LogP contribution in [-0.4, -0.2) is 30.4 Å². The fourth-order valence-corrected chi connectivity index (χ4v) is 2.88. The van der Waals surface area contributed by atoms with Crippen molar-refractivity contribution in [2.75, 3.05) is 30.7 Å². The molecule has 1 aliphatic rings. The monoisotopic (exact) mass is 309 g/mol. The zero-order chi connectivity index (χ0) is 15.1. The number of benzene rings is 1. The van der Waals surface area contributed by atoms with Gasteiger partial charge in [-0.05, 0) is 44.1 Å². The number of halogens is 1. The topological polar surface area (TPSA) is 58.4 Å². The van der Waals surface area contributed by atoms with Crippen molar-refractivity contribution in [3.63, 3.8) is 0 Å². The van der Waals surface area contributed by atoms with Crippen LogP contribution in [0.25, 0.3) is 0 Å². The van der Waals surface area contributed by atoms with Crippen molar-refractivity contribution in [1.29, 1.82) is 0 Å². The summed E-state index contributed by atoms with van der Waals surface area (Å²) >= 11 is 6.06. The number of rotatable bonds is 4. The van der Waals surface area contributed by atoms with Gasteiger partial charge in [-0.1, -0.05) is 30.9 Å². The molecule has 0 spiro atoms. The van der Waals surface area contributed by atoms with Crippen molar-refractivity contribution in [3.05, 3.63) is 23.2 Å². The summed E-state index contributed by atoms with van der Waals surface area (Å²) in [5, 5.41) is 3.33. The molecule has 0 unspecified atom stereocenters. The fourth-order valence-electron chi connectivity index (χ4n) is 2.64. The second-order valence-electron chi connectivity index (χ2n) is 5.65. The van der Waals surface area contributed by atoms with Crippen LogP contribution < -0.4 is 11.1 Å². The Bertz CT molecular complexity index is 471. The molecule has 1 aliphatic heterocycles. The van der Waals surface area contributed by atoms with Gasteiger partial charge in [-0.2, -0.15) is 0 Å². The van der Waals surface area contributed by atoms with Crippen LogP contribution in [0, 0.1) is 0 Å². The minimum atomic E-state index is 0.00345. The maximum absolute atomic E-state index is 12.0. The van der Waals surface area contributed by atoms with E-state index < -0.39 is 0 Å². The summed E-state index contributed by atoms with van der Waals surface area (Å²) in [4.78, 5) is 14.4. The second kappa shape index (κ2) is 8.25. The normalized spacial score (nSPS) is 17.0. The quantitative estimate of drug-likeness (QED) is 0.837. The van der Waals surface area contributed by atoms with Crippen LogP contribution in [0.15, 0.2) is 18.2 Å². The Morgan fingerprint density at radius 1 is 1.19 bits per heavy atom. The molecule has 1 aromatic carbocycles. The molecule has 0 bridgehead atoms. The Morgan fingerprint density at radius 2 is 1.86 bits per heavy atom. The van der Waals surface area contributed by atoms with Gasteiger partial charge in [0.1, 0.15) is 0 Å². The zero-order valence-corrected chi connectivity index (χ0v) is 13.2. The van der Waals surface area contributed by atoms with E-state index in [0.717, 1.165) is 19.6 Å². The summed E-state index contributed by atoms with van der Waals surface area (Å²) in [5.41, 5.74) is 6.86. The largest absolute Gasteiger partial charge is 0.399 e. The van der Waals surface area contributed by atoms with Crippen LogP contribution >= 0.6 is 11.6 Å². The van der Waals surface area contributed by atoms with Gasteiger partial charge < -0.3 is 16.0 Å². The number of carbonyl (C=O) groups excluding carboxylic acids is 1. The third-order valence-electron chi connectivity index (χ3n) is 3.87. The van der Waals surface area contributed by atoms with Crippen molar-refractivity contribution < 1.29 is 4.79 Å². The molecule has 2 rings (SSSR count). The number of hydrogen-bond acceptors (Lipinski definition) is 3. The molecule has 1 saturated heterocycles. The Morgan fingerprint density at radius 3 is 2.52 bits per heavy atom. The number of nitrogens with zero attached hydrogens (tertiary/aromatic N) is 1. The number of hydrogen-bond donors (Lipinski definition) is 2. The second-order valence-corrected chi connectivity index (χ2v) is 6.05. The number of amides is 1. The van der Waals surface area contributed by atoms with Gasteiger partial charge in [-0.3, -0.25) is 4.79 Å². The van der Waals surface area contributed by atoms with E-state index in [4.69, 9.17) is 17.3 Å². The summed E-state index contributed by atoms with van der Waals surface area (Å²) in [6, 6.07) is 5.13. The van der Waals surface area contributed by atoms with Gasteiger partial charge >= 0.3 is 0 Å². The van der Waals surface area contributed by atoms with E-state index in [1.54, 1.807) is 18.2 Å². The van der Waals surface area contributed by atoms with E-state index in [0.29, 0.717) is 22.8 Å². The minimum Gasteiger partial charge on any atom is -0.399 e. The first-order valence-corrected chi connectivity index (χ1v) is 8.10. The van der Waals surface area contributed by atoms with Crippen molar-refractivity contribution >= 4 is 28.9 Å². The molecule has 1 heterocycles. The lowest BCUT2D eigenvalue weighted by molar-refractivity contribution is -0.116. The van der Waals surface area contributed by atoms with Crippen LogP contribution in [0.5, 0.6) is 0 Å². The molecule has 116 valence electrons. The van der Waals surface area contributed by atoms with E-state index in [1.807, 2.05) is 0 Å². The average Bonchev–Trinajstić information content (AvgIpc) is 2.41. The number of anilines is 2. The third kappa shape index (κ3) is 5.56. The van der Waals surface area contributed by atoms with Gasteiger partial charge in [0.05, 0.1) is 10.7 Å². The van der Waals surface area contributed by atoms with Crippen molar-refractivity contribution in [3.8, 4) is 0 Å². The first-order chi connectivity index (χ1) is 10.1. The molecule has 3 N–H and O–H groups in total. The lowest BCUT2D eigenvalue weighted by Crippen LogP contribution is -2.30. The molecule has 0 aliphatic carbocycles. The molecule has 5 heteroatoms. The molecule has 0 saturated carbocycles. The molecule has 4 nitrogen and oxygen atoms in total. The van der Waals surface area contributed by atoms with Crippen LogP contribution in [0.4, 0.5) is 11.4 Å². The molecular formula is C16H24ClN3O. The van der Waals surface area contributed by atoms with E-state index in [2.05, 4.69) is 10.2 Å². The van der Waals surface area contributed by atoms with Gasteiger partial charge in [0.15, 0.2) is 0 Å². The molecule has 21 heavy (non-hydrogen) atoms. The Balaban J connectivity index is 1.78. The summed E-state index contributed by atoms with van der Waals surface area (Å²) in [7, 11) is 0. The van der Waals surface area contributed by atoms with Crippen LogP contribution in [0.1, 0.15) is 38.5 Å². The van der Waals surface area contributed by atoms with Gasteiger partial charge in [-0.15, -0.1) is 0 Å². The van der Waals surface area contributed by atoms with Gasteiger partial charge in [0.2, 0.25) is 5.91 Å². The standard InChI is InChI=1S/C16H24ClN3O/c17-14-12-13(18)6-7-15(14)19-16(21)8-11-20-9-4-2-1-3-5-10-20/h6-7,12H,1-5,8-11,18H2,(H,19,21). The highest BCUT2D eigenvalue weighted by Crippen LogP contribution is 2.24. The maximum atomic E-state index is 12.0.